The largest absolute Gasteiger partial charge is 0.367 e. The minimum atomic E-state index is 0.0832. The third-order valence-corrected chi connectivity index (χ3v) is 3.01. The Morgan fingerprint density at radius 3 is 2.83 bits per heavy atom. The highest BCUT2D eigenvalue weighted by atomic mass is 16.1. The molecule has 3 heteroatoms. The van der Waals surface area contributed by atoms with Crippen molar-refractivity contribution in [3.05, 3.63) is 59.4 Å². The lowest BCUT2D eigenvalue weighted by atomic mass is 10.1. The van der Waals surface area contributed by atoms with Gasteiger partial charge >= 0.3 is 0 Å². The number of hydrogen-bond acceptors (Lipinski definition) is 1. The molecule has 1 aromatic carbocycles. The number of nitrogens with one attached hydrogen (secondary N) is 2. The topological polar surface area (TPSA) is 44.9 Å². The first kappa shape index (κ1) is 12.4. The normalized spacial score (nSPS) is 10.3. The van der Waals surface area contributed by atoms with Crippen LogP contribution in [-0.2, 0) is 17.6 Å². The third kappa shape index (κ3) is 3.48. The SMILES string of the molecule is Cc1ccccc1CC(=O)NCCc1cc[nH]c1. The van der Waals surface area contributed by atoms with Gasteiger partial charge in [-0.15, -0.1) is 0 Å². The Hall–Kier alpha value is -2.03. The first-order chi connectivity index (χ1) is 8.75. The van der Waals surface area contributed by atoms with E-state index >= 15 is 0 Å². The van der Waals surface area contributed by atoms with E-state index < -0.39 is 0 Å². The number of hydrogen-bond donors (Lipinski definition) is 2. The Bertz CT molecular complexity index is 503. The van der Waals surface area contributed by atoms with E-state index in [1.54, 1.807) is 0 Å². The molecule has 0 aliphatic rings. The van der Waals surface area contributed by atoms with E-state index in [1.165, 1.54) is 11.1 Å². The van der Waals surface area contributed by atoms with Gasteiger partial charge in [0, 0.05) is 18.9 Å². The number of aromatic nitrogens is 1. The van der Waals surface area contributed by atoms with Gasteiger partial charge in [0.25, 0.3) is 0 Å². The number of carbonyl (C=O) groups is 1. The molecule has 3 nitrogen and oxygen atoms in total. The lowest BCUT2D eigenvalue weighted by molar-refractivity contribution is -0.120. The highest BCUT2D eigenvalue weighted by molar-refractivity contribution is 5.78. The molecule has 0 unspecified atom stereocenters. The molecule has 1 amide bonds. The summed E-state index contributed by atoms with van der Waals surface area (Å²) in [5.74, 6) is 0.0832. The molecule has 2 rings (SSSR count). The molecule has 0 fully saturated rings. The van der Waals surface area contributed by atoms with E-state index in [4.69, 9.17) is 0 Å². The van der Waals surface area contributed by atoms with E-state index in [1.807, 2.05) is 49.6 Å². The Labute approximate surface area is 107 Å². The molecule has 2 aromatic rings. The molecular formula is C15H18N2O. The zero-order valence-electron chi connectivity index (χ0n) is 10.6. The first-order valence-corrected chi connectivity index (χ1v) is 6.18. The minimum Gasteiger partial charge on any atom is -0.367 e. The van der Waals surface area contributed by atoms with E-state index in [9.17, 15) is 4.79 Å². The van der Waals surface area contributed by atoms with Crippen molar-refractivity contribution in [1.82, 2.24) is 10.3 Å². The fraction of sp³-hybridized carbons (Fsp3) is 0.267. The second-order valence-corrected chi connectivity index (χ2v) is 4.42. The highest BCUT2D eigenvalue weighted by Gasteiger charge is 2.04. The van der Waals surface area contributed by atoms with Gasteiger partial charge < -0.3 is 10.3 Å². The number of amides is 1. The molecule has 0 atom stereocenters. The zero-order valence-corrected chi connectivity index (χ0v) is 10.6. The molecular weight excluding hydrogens is 224 g/mol. The van der Waals surface area contributed by atoms with Crippen LogP contribution >= 0.6 is 0 Å². The predicted octanol–water partition coefficient (Wildman–Crippen LogP) is 2.22. The van der Waals surface area contributed by atoms with Gasteiger partial charge in [-0.3, -0.25) is 4.79 Å². The Morgan fingerprint density at radius 1 is 1.28 bits per heavy atom. The van der Waals surface area contributed by atoms with Crippen LogP contribution in [0.1, 0.15) is 16.7 Å². The van der Waals surface area contributed by atoms with Gasteiger partial charge in [-0.25, -0.2) is 0 Å². The van der Waals surface area contributed by atoms with Gasteiger partial charge in [0.05, 0.1) is 6.42 Å². The molecule has 18 heavy (non-hydrogen) atoms. The van der Waals surface area contributed by atoms with Crippen molar-refractivity contribution in [2.75, 3.05) is 6.54 Å². The summed E-state index contributed by atoms with van der Waals surface area (Å²) < 4.78 is 0. The maximum atomic E-state index is 11.8. The standard InChI is InChI=1S/C15H18N2O/c1-12-4-2-3-5-14(12)10-15(18)17-9-7-13-6-8-16-11-13/h2-6,8,11,16H,7,9-10H2,1H3,(H,17,18). The maximum Gasteiger partial charge on any atom is 0.224 e. The summed E-state index contributed by atoms with van der Waals surface area (Å²) in [7, 11) is 0. The predicted molar refractivity (Wildman–Crippen MR) is 72.4 cm³/mol. The van der Waals surface area contributed by atoms with Gasteiger partial charge in [0.15, 0.2) is 0 Å². The van der Waals surface area contributed by atoms with Crippen LogP contribution in [-0.4, -0.2) is 17.4 Å². The van der Waals surface area contributed by atoms with Crippen molar-refractivity contribution in [1.29, 1.82) is 0 Å². The smallest absolute Gasteiger partial charge is 0.224 e. The summed E-state index contributed by atoms with van der Waals surface area (Å²) in [6.07, 6.45) is 5.17. The quantitative estimate of drug-likeness (QED) is 0.829. The van der Waals surface area contributed by atoms with Crippen LogP contribution in [0.4, 0.5) is 0 Å². The summed E-state index contributed by atoms with van der Waals surface area (Å²) in [5, 5.41) is 2.94. The number of aromatic amines is 1. The van der Waals surface area contributed by atoms with Crippen molar-refractivity contribution >= 4 is 5.91 Å². The molecule has 0 aliphatic carbocycles. The fourth-order valence-corrected chi connectivity index (χ4v) is 1.90. The number of aryl methyl sites for hydroxylation is 1. The lowest BCUT2D eigenvalue weighted by Crippen LogP contribution is -2.27. The average molecular weight is 242 g/mol. The average Bonchev–Trinajstić information content (AvgIpc) is 2.85. The number of carbonyl (C=O) groups excluding carboxylic acids is 1. The second-order valence-electron chi connectivity index (χ2n) is 4.42. The Morgan fingerprint density at radius 2 is 2.11 bits per heavy atom. The van der Waals surface area contributed by atoms with E-state index in [0.29, 0.717) is 13.0 Å². The maximum absolute atomic E-state index is 11.8. The minimum absolute atomic E-state index is 0.0832. The van der Waals surface area contributed by atoms with Crippen molar-refractivity contribution in [3.63, 3.8) is 0 Å². The summed E-state index contributed by atoms with van der Waals surface area (Å²) >= 11 is 0. The van der Waals surface area contributed by atoms with Crippen molar-refractivity contribution in [2.24, 2.45) is 0 Å². The third-order valence-electron chi connectivity index (χ3n) is 3.01. The van der Waals surface area contributed by atoms with Gasteiger partial charge in [-0.2, -0.15) is 0 Å². The van der Waals surface area contributed by atoms with Gasteiger partial charge in [0.2, 0.25) is 5.91 Å². The molecule has 2 N–H and O–H groups in total. The van der Waals surface area contributed by atoms with Gasteiger partial charge in [0.1, 0.15) is 0 Å². The summed E-state index contributed by atoms with van der Waals surface area (Å²) in [6.45, 7) is 2.71. The van der Waals surface area contributed by atoms with Crippen molar-refractivity contribution in [2.45, 2.75) is 19.8 Å². The molecule has 1 heterocycles. The fourth-order valence-electron chi connectivity index (χ4n) is 1.90. The molecule has 0 radical (unpaired) electrons. The van der Waals surface area contributed by atoms with E-state index in [0.717, 1.165) is 12.0 Å². The van der Waals surface area contributed by atoms with Crippen LogP contribution in [0, 0.1) is 6.92 Å². The molecule has 1 aromatic heterocycles. The van der Waals surface area contributed by atoms with Crippen molar-refractivity contribution in [3.8, 4) is 0 Å². The van der Waals surface area contributed by atoms with Crippen LogP contribution in [0.25, 0.3) is 0 Å². The molecule has 0 spiro atoms. The monoisotopic (exact) mass is 242 g/mol. The number of benzene rings is 1. The van der Waals surface area contributed by atoms with Crippen LogP contribution in [0.5, 0.6) is 0 Å². The second kappa shape index (κ2) is 6.05. The van der Waals surface area contributed by atoms with E-state index in [-0.39, 0.29) is 5.91 Å². The Balaban J connectivity index is 1.77. The zero-order chi connectivity index (χ0) is 12.8. The number of rotatable bonds is 5. The van der Waals surface area contributed by atoms with Crippen molar-refractivity contribution < 1.29 is 4.79 Å². The Kier molecular flexibility index (Phi) is 4.18. The summed E-state index contributed by atoms with van der Waals surface area (Å²) in [4.78, 5) is 14.8. The lowest BCUT2D eigenvalue weighted by Gasteiger charge is -2.06. The number of H-pyrrole nitrogens is 1. The van der Waals surface area contributed by atoms with Crippen LogP contribution in [0.3, 0.4) is 0 Å². The summed E-state index contributed by atoms with van der Waals surface area (Å²) in [6, 6.07) is 10.0. The molecule has 0 bridgehead atoms. The molecule has 0 saturated carbocycles. The van der Waals surface area contributed by atoms with Gasteiger partial charge in [-0.05, 0) is 36.1 Å². The molecule has 94 valence electrons. The van der Waals surface area contributed by atoms with Crippen LogP contribution in [0.2, 0.25) is 0 Å². The van der Waals surface area contributed by atoms with Gasteiger partial charge in [-0.1, -0.05) is 24.3 Å². The van der Waals surface area contributed by atoms with Crippen LogP contribution < -0.4 is 5.32 Å². The van der Waals surface area contributed by atoms with Crippen LogP contribution in [0.15, 0.2) is 42.7 Å². The molecule has 0 saturated heterocycles. The van der Waals surface area contributed by atoms with E-state index in [2.05, 4.69) is 10.3 Å². The first-order valence-electron chi connectivity index (χ1n) is 6.18. The summed E-state index contributed by atoms with van der Waals surface area (Å²) in [5.41, 5.74) is 3.47. The highest BCUT2D eigenvalue weighted by Crippen LogP contribution is 2.07. The molecule has 0 aliphatic heterocycles.